The Balaban J connectivity index is 1.93. The fraction of sp³-hybridized carbons (Fsp3) is 0.875. The van der Waals surface area contributed by atoms with Gasteiger partial charge < -0.3 is 15.7 Å². The number of hydrogen-bond donors (Lipinski definition) is 3. The zero-order valence-corrected chi connectivity index (χ0v) is 13.3. The van der Waals surface area contributed by atoms with Gasteiger partial charge in [-0.3, -0.25) is 9.59 Å². The number of rotatable bonds is 5. The summed E-state index contributed by atoms with van der Waals surface area (Å²) < 4.78 is 0. The van der Waals surface area contributed by atoms with E-state index in [1.54, 1.807) is 6.92 Å². The van der Waals surface area contributed by atoms with Gasteiger partial charge in [-0.05, 0) is 58.3 Å². The zero-order chi connectivity index (χ0) is 15.6. The average Bonchev–Trinajstić information content (AvgIpc) is 3.23. The van der Waals surface area contributed by atoms with Crippen molar-refractivity contribution in [2.75, 3.05) is 0 Å². The van der Waals surface area contributed by atoms with Gasteiger partial charge in [0.25, 0.3) is 0 Å². The lowest BCUT2D eigenvalue weighted by Gasteiger charge is -2.38. The summed E-state index contributed by atoms with van der Waals surface area (Å²) in [6.45, 7) is 5.83. The van der Waals surface area contributed by atoms with E-state index in [1.807, 2.05) is 0 Å². The maximum Gasteiger partial charge on any atom is 0.245 e. The molecule has 0 aromatic heterocycles. The molecule has 2 aliphatic rings. The van der Waals surface area contributed by atoms with E-state index in [9.17, 15) is 14.7 Å². The SMILES string of the molecule is CC1CCC(C)(NC(=O)C(NC(=O)C2CC2)C(C)O)CC1. The second-order valence-electron chi connectivity index (χ2n) is 7.23. The predicted molar refractivity (Wildman–Crippen MR) is 80.5 cm³/mol. The molecule has 2 rings (SSSR count). The fourth-order valence-electron chi connectivity index (χ4n) is 2.92. The topological polar surface area (TPSA) is 78.4 Å². The fourth-order valence-corrected chi connectivity index (χ4v) is 2.92. The monoisotopic (exact) mass is 296 g/mol. The number of aliphatic hydroxyl groups excluding tert-OH is 1. The van der Waals surface area contributed by atoms with E-state index in [4.69, 9.17) is 0 Å². The van der Waals surface area contributed by atoms with Gasteiger partial charge >= 0.3 is 0 Å². The molecule has 3 N–H and O–H groups in total. The minimum absolute atomic E-state index is 0.0326. The summed E-state index contributed by atoms with van der Waals surface area (Å²) in [6.07, 6.45) is 4.98. The highest BCUT2D eigenvalue weighted by Crippen LogP contribution is 2.32. The van der Waals surface area contributed by atoms with E-state index in [1.165, 1.54) is 0 Å². The highest BCUT2D eigenvalue weighted by atomic mass is 16.3. The van der Waals surface area contributed by atoms with Crippen molar-refractivity contribution in [3.63, 3.8) is 0 Å². The van der Waals surface area contributed by atoms with Crippen molar-refractivity contribution in [3.8, 4) is 0 Å². The van der Waals surface area contributed by atoms with Crippen LogP contribution in [0, 0.1) is 11.8 Å². The van der Waals surface area contributed by atoms with Crippen molar-refractivity contribution >= 4 is 11.8 Å². The number of aliphatic hydroxyl groups is 1. The molecule has 5 heteroatoms. The van der Waals surface area contributed by atoms with Crippen LogP contribution in [0.4, 0.5) is 0 Å². The van der Waals surface area contributed by atoms with Crippen LogP contribution in [-0.4, -0.2) is 34.6 Å². The number of carbonyl (C=O) groups is 2. The van der Waals surface area contributed by atoms with Gasteiger partial charge in [0.05, 0.1) is 6.10 Å². The summed E-state index contributed by atoms with van der Waals surface area (Å²) in [4.78, 5) is 24.3. The zero-order valence-electron chi connectivity index (χ0n) is 13.3. The molecule has 0 aromatic rings. The van der Waals surface area contributed by atoms with E-state index >= 15 is 0 Å². The van der Waals surface area contributed by atoms with Gasteiger partial charge in [0.1, 0.15) is 6.04 Å². The summed E-state index contributed by atoms with van der Waals surface area (Å²) >= 11 is 0. The summed E-state index contributed by atoms with van der Waals surface area (Å²) in [5.74, 6) is 0.358. The molecule has 2 unspecified atom stereocenters. The van der Waals surface area contributed by atoms with Crippen LogP contribution < -0.4 is 10.6 Å². The Morgan fingerprint density at radius 2 is 1.76 bits per heavy atom. The molecule has 5 nitrogen and oxygen atoms in total. The van der Waals surface area contributed by atoms with Crippen molar-refractivity contribution in [3.05, 3.63) is 0 Å². The molecule has 2 fully saturated rings. The Kier molecular flexibility index (Phi) is 4.91. The standard InChI is InChI=1S/C16H28N2O3/c1-10-6-8-16(3,9-7-10)18-15(21)13(11(2)19)17-14(20)12-4-5-12/h10-13,19H,4-9H2,1-3H3,(H,17,20)(H,18,21). The Hall–Kier alpha value is -1.10. The predicted octanol–water partition coefficient (Wildman–Crippen LogP) is 1.35. The third-order valence-corrected chi connectivity index (χ3v) is 4.81. The van der Waals surface area contributed by atoms with Gasteiger partial charge in [0, 0.05) is 11.5 Å². The van der Waals surface area contributed by atoms with Gasteiger partial charge in [-0.25, -0.2) is 0 Å². The van der Waals surface area contributed by atoms with Gasteiger partial charge in [0.2, 0.25) is 11.8 Å². The molecule has 0 heterocycles. The third-order valence-electron chi connectivity index (χ3n) is 4.81. The molecule has 2 saturated carbocycles. The van der Waals surface area contributed by atoms with E-state index < -0.39 is 12.1 Å². The number of hydrogen-bond acceptors (Lipinski definition) is 3. The summed E-state index contributed by atoms with van der Waals surface area (Å²) in [6, 6.07) is -0.853. The van der Waals surface area contributed by atoms with Crippen LogP contribution in [0.3, 0.4) is 0 Å². The highest BCUT2D eigenvalue weighted by Gasteiger charge is 2.37. The molecule has 120 valence electrons. The lowest BCUT2D eigenvalue weighted by Crippen LogP contribution is -2.58. The first kappa shape index (κ1) is 16.3. The lowest BCUT2D eigenvalue weighted by molar-refractivity contribution is -0.133. The molecule has 0 radical (unpaired) electrons. The second-order valence-corrected chi connectivity index (χ2v) is 7.23. The molecule has 2 amide bonds. The Labute approximate surface area is 126 Å². The van der Waals surface area contributed by atoms with E-state index in [0.29, 0.717) is 5.92 Å². The van der Waals surface area contributed by atoms with Crippen LogP contribution in [0.5, 0.6) is 0 Å². The number of carbonyl (C=O) groups excluding carboxylic acids is 2. The second kappa shape index (κ2) is 6.34. The van der Waals surface area contributed by atoms with Crippen LogP contribution in [-0.2, 0) is 9.59 Å². The quantitative estimate of drug-likeness (QED) is 0.716. The minimum Gasteiger partial charge on any atom is -0.391 e. The van der Waals surface area contributed by atoms with Crippen LogP contribution in [0.25, 0.3) is 0 Å². The molecule has 0 spiro atoms. The smallest absolute Gasteiger partial charge is 0.245 e. The van der Waals surface area contributed by atoms with E-state index in [2.05, 4.69) is 24.5 Å². The molecule has 2 aliphatic carbocycles. The maximum absolute atomic E-state index is 12.4. The average molecular weight is 296 g/mol. The lowest BCUT2D eigenvalue weighted by atomic mass is 9.78. The minimum atomic E-state index is -0.890. The first-order valence-electron chi connectivity index (χ1n) is 8.11. The third kappa shape index (κ3) is 4.43. The van der Waals surface area contributed by atoms with Gasteiger partial charge in [-0.2, -0.15) is 0 Å². The maximum atomic E-state index is 12.4. The molecule has 0 saturated heterocycles. The highest BCUT2D eigenvalue weighted by molar-refractivity contribution is 5.90. The normalized spacial score (nSPS) is 32.1. The van der Waals surface area contributed by atoms with Crippen LogP contribution >= 0.6 is 0 Å². The van der Waals surface area contributed by atoms with E-state index in [0.717, 1.165) is 38.5 Å². The van der Waals surface area contributed by atoms with Crippen molar-refractivity contribution in [2.45, 2.75) is 77.0 Å². The molecular weight excluding hydrogens is 268 g/mol. The summed E-state index contributed by atoms with van der Waals surface area (Å²) in [5, 5.41) is 15.6. The number of amides is 2. The van der Waals surface area contributed by atoms with Crippen molar-refractivity contribution < 1.29 is 14.7 Å². The molecule has 2 atom stereocenters. The molecule has 0 aliphatic heterocycles. The Morgan fingerprint density at radius 3 is 2.24 bits per heavy atom. The summed E-state index contributed by atoms with van der Waals surface area (Å²) in [7, 11) is 0. The van der Waals surface area contributed by atoms with Crippen molar-refractivity contribution in [1.82, 2.24) is 10.6 Å². The van der Waals surface area contributed by atoms with Gasteiger partial charge in [0.15, 0.2) is 0 Å². The van der Waals surface area contributed by atoms with Crippen LogP contribution in [0.1, 0.15) is 59.3 Å². The Bertz CT molecular complexity index is 396. The first-order chi connectivity index (χ1) is 9.81. The number of nitrogens with one attached hydrogen (secondary N) is 2. The van der Waals surface area contributed by atoms with Crippen molar-refractivity contribution in [2.24, 2.45) is 11.8 Å². The molecule has 21 heavy (non-hydrogen) atoms. The largest absolute Gasteiger partial charge is 0.391 e. The molecule has 0 aromatic carbocycles. The van der Waals surface area contributed by atoms with E-state index in [-0.39, 0.29) is 23.3 Å². The van der Waals surface area contributed by atoms with Crippen molar-refractivity contribution in [1.29, 1.82) is 0 Å². The Morgan fingerprint density at radius 1 is 1.19 bits per heavy atom. The molecule has 0 bridgehead atoms. The first-order valence-corrected chi connectivity index (χ1v) is 8.11. The van der Waals surface area contributed by atoms with Gasteiger partial charge in [-0.1, -0.05) is 6.92 Å². The van der Waals surface area contributed by atoms with Gasteiger partial charge in [-0.15, -0.1) is 0 Å². The van der Waals surface area contributed by atoms with Crippen LogP contribution in [0.2, 0.25) is 0 Å². The summed E-state index contributed by atoms with van der Waals surface area (Å²) in [5.41, 5.74) is -0.221. The van der Waals surface area contributed by atoms with Crippen LogP contribution in [0.15, 0.2) is 0 Å². The molecular formula is C16H28N2O3.